The first kappa shape index (κ1) is 20.9. The molecular weight excluding hydrogens is 384 g/mol. The van der Waals surface area contributed by atoms with Crippen LogP contribution in [0.4, 0.5) is 0 Å². The van der Waals surface area contributed by atoms with E-state index in [9.17, 15) is 4.79 Å². The van der Waals surface area contributed by atoms with E-state index in [2.05, 4.69) is 34.6 Å². The van der Waals surface area contributed by atoms with Crippen LogP contribution in [0.3, 0.4) is 0 Å². The van der Waals surface area contributed by atoms with Gasteiger partial charge in [0.25, 0.3) is 0 Å². The highest BCUT2D eigenvalue weighted by Gasteiger charge is 2.18. The van der Waals surface area contributed by atoms with E-state index in [1.54, 1.807) is 7.11 Å². The van der Waals surface area contributed by atoms with Crippen LogP contribution in [0.5, 0.6) is 5.75 Å². The van der Waals surface area contributed by atoms with Gasteiger partial charge in [-0.25, -0.2) is 0 Å². The molecule has 1 aromatic heterocycles. The maximum atomic E-state index is 12.2. The molecule has 152 valence electrons. The Morgan fingerprint density at radius 1 is 1.14 bits per heavy atom. The summed E-state index contributed by atoms with van der Waals surface area (Å²) in [6.07, 6.45) is 0.899. The quantitative estimate of drug-likeness (QED) is 0.562. The van der Waals surface area contributed by atoms with Crippen molar-refractivity contribution < 1.29 is 9.53 Å². The molecule has 1 heterocycles. The number of aromatic nitrogens is 3. The Morgan fingerprint density at radius 3 is 2.45 bits per heavy atom. The third kappa shape index (κ3) is 5.17. The number of hydrogen-bond donors (Lipinski definition) is 1. The molecule has 1 amide bonds. The van der Waals surface area contributed by atoms with Gasteiger partial charge in [0.1, 0.15) is 5.75 Å². The predicted molar refractivity (Wildman–Crippen MR) is 117 cm³/mol. The molecule has 0 fully saturated rings. The molecule has 3 aromatic rings. The van der Waals surface area contributed by atoms with Gasteiger partial charge in [-0.3, -0.25) is 9.36 Å². The minimum atomic E-state index is -0.00878. The van der Waals surface area contributed by atoms with Crippen LogP contribution in [-0.4, -0.2) is 39.6 Å². The van der Waals surface area contributed by atoms with Gasteiger partial charge in [0.2, 0.25) is 5.91 Å². The molecule has 1 N–H and O–H groups in total. The smallest absolute Gasteiger partial charge is 0.230 e. The molecule has 0 spiro atoms. The van der Waals surface area contributed by atoms with Gasteiger partial charge in [0, 0.05) is 17.3 Å². The normalized spacial score (nSPS) is 11.9. The zero-order valence-electron chi connectivity index (χ0n) is 17.2. The second-order valence-corrected chi connectivity index (χ2v) is 7.81. The molecule has 7 heteroatoms. The van der Waals surface area contributed by atoms with E-state index in [0.29, 0.717) is 5.16 Å². The number of ether oxygens (including phenoxy) is 1. The zero-order valence-corrected chi connectivity index (χ0v) is 18.0. The molecule has 2 aromatic carbocycles. The molecule has 0 saturated heterocycles. The van der Waals surface area contributed by atoms with Crippen LogP contribution < -0.4 is 10.1 Å². The fraction of sp³-hybridized carbons (Fsp3) is 0.318. The van der Waals surface area contributed by atoms with Gasteiger partial charge < -0.3 is 10.1 Å². The van der Waals surface area contributed by atoms with Crippen molar-refractivity contribution in [3.8, 4) is 22.8 Å². The number of rotatable bonds is 8. The molecule has 0 aliphatic heterocycles. The number of nitrogens with zero attached hydrogens (tertiary/aromatic N) is 3. The Kier molecular flexibility index (Phi) is 6.93. The Morgan fingerprint density at radius 2 is 1.83 bits per heavy atom. The van der Waals surface area contributed by atoms with E-state index >= 15 is 0 Å². The maximum absolute atomic E-state index is 12.2. The number of carbonyl (C=O) groups is 1. The van der Waals surface area contributed by atoms with Crippen molar-refractivity contribution in [2.75, 3.05) is 12.9 Å². The lowest BCUT2D eigenvalue weighted by atomic mass is 10.1. The third-order valence-electron chi connectivity index (χ3n) is 4.63. The molecule has 0 radical (unpaired) electrons. The summed E-state index contributed by atoms with van der Waals surface area (Å²) in [7, 11) is 1.64. The topological polar surface area (TPSA) is 69.0 Å². The van der Waals surface area contributed by atoms with Crippen LogP contribution in [0.25, 0.3) is 17.1 Å². The van der Waals surface area contributed by atoms with E-state index in [1.807, 2.05) is 54.8 Å². The summed E-state index contributed by atoms with van der Waals surface area (Å²) in [5.41, 5.74) is 3.06. The van der Waals surface area contributed by atoms with Gasteiger partial charge >= 0.3 is 0 Å². The molecule has 0 aliphatic carbocycles. The van der Waals surface area contributed by atoms with Crippen molar-refractivity contribution in [3.05, 3.63) is 54.1 Å². The number of carbonyl (C=O) groups excluding carboxylic acids is 1. The highest BCUT2D eigenvalue weighted by Crippen LogP contribution is 2.29. The third-order valence-corrected chi connectivity index (χ3v) is 5.55. The number of hydrogen-bond acceptors (Lipinski definition) is 5. The average molecular weight is 411 g/mol. The largest absolute Gasteiger partial charge is 0.497 e. The minimum absolute atomic E-state index is 0.00878. The molecule has 0 unspecified atom stereocenters. The van der Waals surface area contributed by atoms with E-state index in [4.69, 9.17) is 4.74 Å². The van der Waals surface area contributed by atoms with Gasteiger partial charge in [-0.1, -0.05) is 48.5 Å². The lowest BCUT2D eigenvalue weighted by Gasteiger charge is -2.13. The summed E-state index contributed by atoms with van der Waals surface area (Å²) in [6.45, 7) is 6.10. The fourth-order valence-corrected chi connectivity index (χ4v) is 3.53. The Bertz CT molecular complexity index is 952. The highest BCUT2D eigenvalue weighted by molar-refractivity contribution is 7.99. The summed E-state index contributed by atoms with van der Waals surface area (Å²) in [4.78, 5) is 12.2. The van der Waals surface area contributed by atoms with Crippen LogP contribution in [0.15, 0.2) is 53.7 Å². The zero-order chi connectivity index (χ0) is 20.8. The summed E-state index contributed by atoms with van der Waals surface area (Å²) < 4.78 is 7.25. The van der Waals surface area contributed by atoms with E-state index < -0.39 is 0 Å². The van der Waals surface area contributed by atoms with Gasteiger partial charge in [-0.05, 0) is 44.5 Å². The van der Waals surface area contributed by atoms with Crippen LogP contribution in [0.2, 0.25) is 0 Å². The molecule has 29 heavy (non-hydrogen) atoms. The van der Waals surface area contributed by atoms with Crippen molar-refractivity contribution in [1.29, 1.82) is 0 Å². The Labute approximate surface area is 175 Å². The minimum Gasteiger partial charge on any atom is -0.497 e. The highest BCUT2D eigenvalue weighted by atomic mass is 32.2. The fourth-order valence-electron chi connectivity index (χ4n) is 2.77. The maximum Gasteiger partial charge on any atom is 0.230 e. The molecule has 0 aliphatic rings. The summed E-state index contributed by atoms with van der Waals surface area (Å²) in [5.74, 6) is 1.79. The average Bonchev–Trinajstić information content (AvgIpc) is 3.16. The van der Waals surface area contributed by atoms with Gasteiger partial charge in [-0.15, -0.1) is 10.2 Å². The lowest BCUT2D eigenvalue weighted by Crippen LogP contribution is -2.33. The number of amides is 1. The molecule has 0 saturated carbocycles. The molecule has 0 bridgehead atoms. The Hall–Kier alpha value is -2.80. The van der Waals surface area contributed by atoms with Crippen LogP contribution >= 0.6 is 11.8 Å². The van der Waals surface area contributed by atoms with Gasteiger partial charge in [-0.2, -0.15) is 0 Å². The van der Waals surface area contributed by atoms with Crippen molar-refractivity contribution in [2.24, 2.45) is 0 Å². The van der Waals surface area contributed by atoms with E-state index in [-0.39, 0.29) is 17.7 Å². The van der Waals surface area contributed by atoms with Crippen LogP contribution in [0, 0.1) is 6.92 Å². The van der Waals surface area contributed by atoms with Crippen LogP contribution in [0.1, 0.15) is 25.8 Å². The summed E-state index contributed by atoms with van der Waals surface area (Å²) in [6, 6.07) is 16.0. The van der Waals surface area contributed by atoms with Gasteiger partial charge in [0.15, 0.2) is 11.0 Å². The first-order chi connectivity index (χ1) is 14.0. The summed E-state index contributed by atoms with van der Waals surface area (Å²) >= 11 is 1.38. The standard InChI is InChI=1S/C22H26N4O2S/c1-5-16(3)23-20(27)14-29-22-25-24-21(17-8-6-15(2)7-9-17)26(22)18-10-12-19(28-4)13-11-18/h6-13,16H,5,14H2,1-4H3,(H,23,27)/t16-/m1/s1. The van der Waals surface area contributed by atoms with Crippen molar-refractivity contribution in [2.45, 2.75) is 38.4 Å². The molecule has 6 nitrogen and oxygen atoms in total. The predicted octanol–water partition coefficient (Wildman–Crippen LogP) is 4.26. The van der Waals surface area contributed by atoms with Crippen molar-refractivity contribution >= 4 is 17.7 Å². The first-order valence-electron chi connectivity index (χ1n) is 9.60. The number of benzene rings is 2. The molecular formula is C22H26N4O2S. The molecule has 3 rings (SSSR count). The van der Waals surface area contributed by atoms with E-state index in [1.165, 1.54) is 17.3 Å². The second kappa shape index (κ2) is 9.60. The van der Waals surface area contributed by atoms with Crippen LogP contribution in [-0.2, 0) is 4.79 Å². The molecule has 1 atom stereocenters. The van der Waals surface area contributed by atoms with E-state index in [0.717, 1.165) is 29.2 Å². The van der Waals surface area contributed by atoms with Crippen molar-refractivity contribution in [1.82, 2.24) is 20.1 Å². The van der Waals surface area contributed by atoms with Crippen molar-refractivity contribution in [3.63, 3.8) is 0 Å². The number of aryl methyl sites for hydroxylation is 1. The SMILES string of the molecule is CC[C@@H](C)NC(=O)CSc1nnc(-c2ccc(C)cc2)n1-c1ccc(OC)cc1. The van der Waals surface area contributed by atoms with Gasteiger partial charge in [0.05, 0.1) is 12.9 Å². The number of thioether (sulfide) groups is 1. The second-order valence-electron chi connectivity index (χ2n) is 6.87. The number of methoxy groups -OCH3 is 1. The number of nitrogens with one attached hydrogen (secondary N) is 1. The first-order valence-corrected chi connectivity index (χ1v) is 10.6. The summed E-state index contributed by atoms with van der Waals surface area (Å²) in [5, 5.41) is 12.4. The lowest BCUT2D eigenvalue weighted by molar-refractivity contribution is -0.119. The monoisotopic (exact) mass is 410 g/mol. The Balaban J connectivity index is 1.93.